The molecule has 2 aromatic heterocycles. The van der Waals surface area contributed by atoms with Crippen molar-refractivity contribution in [2.24, 2.45) is 5.73 Å². The van der Waals surface area contributed by atoms with E-state index in [9.17, 15) is 9.59 Å². The number of ketones is 1. The van der Waals surface area contributed by atoms with Crippen molar-refractivity contribution in [1.29, 1.82) is 0 Å². The van der Waals surface area contributed by atoms with E-state index in [4.69, 9.17) is 15.2 Å². The molecule has 0 amide bonds. The van der Waals surface area contributed by atoms with Crippen LogP contribution in [-0.4, -0.2) is 59.7 Å². The third kappa shape index (κ3) is 5.35. The molecule has 0 unspecified atom stereocenters. The largest absolute Gasteiger partial charge is 0.492 e. The molecule has 1 aliphatic rings. The summed E-state index contributed by atoms with van der Waals surface area (Å²) in [7, 11) is 0. The zero-order chi connectivity index (χ0) is 24.1. The van der Waals surface area contributed by atoms with Gasteiger partial charge in [-0.3, -0.25) is 19.5 Å². The first-order valence-electron chi connectivity index (χ1n) is 11.4. The summed E-state index contributed by atoms with van der Waals surface area (Å²) >= 11 is 0. The molecule has 1 aliphatic heterocycles. The van der Waals surface area contributed by atoms with Crippen molar-refractivity contribution >= 4 is 22.3 Å². The van der Waals surface area contributed by atoms with Crippen molar-refractivity contribution in [3.63, 3.8) is 0 Å². The summed E-state index contributed by atoms with van der Waals surface area (Å²) in [4.78, 5) is 31.9. The third-order valence-electron chi connectivity index (χ3n) is 5.92. The Hall–Kier alpha value is -3.49. The average molecular weight is 463 g/mol. The normalized spacial score (nSPS) is 15.2. The number of rotatable bonds is 8. The number of ether oxygens (including phenoxy) is 2. The fourth-order valence-electron chi connectivity index (χ4n) is 4.24. The van der Waals surface area contributed by atoms with Gasteiger partial charge < -0.3 is 19.8 Å². The van der Waals surface area contributed by atoms with Gasteiger partial charge in [-0.25, -0.2) is 0 Å². The summed E-state index contributed by atoms with van der Waals surface area (Å²) < 4.78 is 13.3. The fraction of sp³-hybridized carbons (Fsp3) is 0.346. The van der Waals surface area contributed by atoms with Crippen LogP contribution >= 0.6 is 0 Å². The van der Waals surface area contributed by atoms with Gasteiger partial charge in [-0.05, 0) is 43.5 Å². The first kappa shape index (κ1) is 23.7. The second-order valence-electron chi connectivity index (χ2n) is 8.40. The van der Waals surface area contributed by atoms with Crippen LogP contribution in [-0.2, 0) is 16.1 Å². The Bertz CT molecular complexity index is 1260. The highest BCUT2D eigenvalue weighted by molar-refractivity contribution is 6.21. The number of allylic oxidation sites excluding steroid dienone is 2. The number of benzene rings is 1. The lowest BCUT2D eigenvalue weighted by molar-refractivity contribution is -0.111. The maximum absolute atomic E-state index is 12.8. The van der Waals surface area contributed by atoms with Gasteiger partial charge in [0.1, 0.15) is 12.4 Å². The lowest BCUT2D eigenvalue weighted by Gasteiger charge is -2.26. The smallest absolute Gasteiger partial charge is 0.251 e. The number of nitrogens with zero attached hydrogens (tertiary/aromatic N) is 3. The monoisotopic (exact) mass is 462 g/mol. The molecule has 0 saturated carbocycles. The molecule has 34 heavy (non-hydrogen) atoms. The van der Waals surface area contributed by atoms with Gasteiger partial charge in [-0.15, -0.1) is 0 Å². The van der Waals surface area contributed by atoms with Crippen LogP contribution in [0, 0.1) is 0 Å². The summed E-state index contributed by atoms with van der Waals surface area (Å²) in [6.07, 6.45) is 1.71. The predicted molar refractivity (Wildman–Crippen MR) is 132 cm³/mol. The van der Waals surface area contributed by atoms with Gasteiger partial charge in [-0.2, -0.15) is 0 Å². The average Bonchev–Trinajstić information content (AvgIpc) is 2.82. The number of Topliss-reactive ketones (excluding diaryl/α,β-unsaturated/α-hetero) is 1. The molecule has 3 heterocycles. The molecule has 4 rings (SSSR count). The Kier molecular flexibility index (Phi) is 7.40. The van der Waals surface area contributed by atoms with E-state index in [-0.39, 0.29) is 11.3 Å². The fourth-order valence-corrected chi connectivity index (χ4v) is 4.24. The van der Waals surface area contributed by atoms with Gasteiger partial charge in [-0.1, -0.05) is 6.07 Å². The minimum absolute atomic E-state index is 0.137. The standard InChI is InChI=1S/C26H30N4O4/c1-18(27)26(19(2)31)22-15-20-6-7-25(32)30(17-21-5-3-4-8-28-21)23(20)16-24(22)34-14-11-29-9-12-33-13-10-29/h3-8,15-16H,9-14,17,27H2,1-2H3. The van der Waals surface area contributed by atoms with Crippen molar-refractivity contribution in [1.82, 2.24) is 14.5 Å². The molecule has 8 nitrogen and oxygen atoms in total. The number of morpholine rings is 1. The van der Waals surface area contributed by atoms with Crippen LogP contribution in [0.5, 0.6) is 5.75 Å². The van der Waals surface area contributed by atoms with E-state index >= 15 is 0 Å². The van der Waals surface area contributed by atoms with E-state index in [1.807, 2.05) is 30.3 Å². The van der Waals surface area contributed by atoms with Crippen LogP contribution in [0.25, 0.3) is 16.5 Å². The van der Waals surface area contributed by atoms with Gasteiger partial charge in [0.2, 0.25) is 0 Å². The molecule has 0 atom stereocenters. The zero-order valence-corrected chi connectivity index (χ0v) is 19.6. The van der Waals surface area contributed by atoms with E-state index in [0.717, 1.165) is 30.7 Å². The highest BCUT2D eigenvalue weighted by Crippen LogP contribution is 2.32. The van der Waals surface area contributed by atoms with Crippen molar-refractivity contribution in [2.45, 2.75) is 20.4 Å². The molecule has 0 aliphatic carbocycles. The van der Waals surface area contributed by atoms with Crippen LogP contribution in [0.1, 0.15) is 25.1 Å². The van der Waals surface area contributed by atoms with E-state index in [2.05, 4.69) is 9.88 Å². The van der Waals surface area contributed by atoms with Crippen LogP contribution in [0.3, 0.4) is 0 Å². The van der Waals surface area contributed by atoms with E-state index in [1.165, 1.54) is 13.0 Å². The molecule has 0 bridgehead atoms. The summed E-state index contributed by atoms with van der Waals surface area (Å²) in [5.74, 6) is 0.385. The number of fused-ring (bicyclic) bond motifs is 1. The maximum Gasteiger partial charge on any atom is 0.251 e. The molecule has 178 valence electrons. The molecular formula is C26H30N4O4. The van der Waals surface area contributed by atoms with Gasteiger partial charge >= 0.3 is 0 Å². The number of carbonyl (C=O) groups is 1. The summed E-state index contributed by atoms with van der Waals surface area (Å²) in [5, 5.41) is 0.811. The van der Waals surface area contributed by atoms with Crippen molar-refractivity contribution in [3.05, 3.63) is 76.0 Å². The number of hydrogen-bond acceptors (Lipinski definition) is 7. The van der Waals surface area contributed by atoms with Crippen LogP contribution in [0.2, 0.25) is 0 Å². The zero-order valence-electron chi connectivity index (χ0n) is 19.6. The van der Waals surface area contributed by atoms with Crippen LogP contribution < -0.4 is 16.0 Å². The Balaban J connectivity index is 1.77. The van der Waals surface area contributed by atoms with Crippen molar-refractivity contribution < 1.29 is 14.3 Å². The Morgan fingerprint density at radius 2 is 1.94 bits per heavy atom. The van der Waals surface area contributed by atoms with Crippen molar-refractivity contribution in [3.8, 4) is 5.75 Å². The summed E-state index contributed by atoms with van der Waals surface area (Å²) in [6, 6.07) is 12.6. The van der Waals surface area contributed by atoms with E-state index in [1.54, 1.807) is 23.8 Å². The lowest BCUT2D eigenvalue weighted by atomic mass is 9.97. The second-order valence-corrected chi connectivity index (χ2v) is 8.40. The molecular weight excluding hydrogens is 432 g/mol. The number of pyridine rings is 2. The number of nitrogens with two attached hydrogens (primary N) is 1. The third-order valence-corrected chi connectivity index (χ3v) is 5.92. The topological polar surface area (TPSA) is 99.7 Å². The molecule has 1 fully saturated rings. The molecule has 1 aromatic carbocycles. The Morgan fingerprint density at radius 3 is 2.62 bits per heavy atom. The Morgan fingerprint density at radius 1 is 1.15 bits per heavy atom. The number of aromatic nitrogens is 2. The predicted octanol–water partition coefficient (Wildman–Crippen LogP) is 2.43. The molecule has 0 spiro atoms. The van der Waals surface area contributed by atoms with Gasteiger partial charge in [0.05, 0.1) is 31.0 Å². The summed E-state index contributed by atoms with van der Waals surface area (Å²) in [5.41, 5.74) is 8.93. The highest BCUT2D eigenvalue weighted by atomic mass is 16.5. The molecule has 3 aromatic rings. The molecule has 1 saturated heterocycles. The highest BCUT2D eigenvalue weighted by Gasteiger charge is 2.19. The van der Waals surface area contributed by atoms with Crippen LogP contribution in [0.4, 0.5) is 0 Å². The number of hydrogen-bond donors (Lipinski definition) is 1. The Labute approximate surface area is 198 Å². The van der Waals surface area contributed by atoms with Gasteiger partial charge in [0.25, 0.3) is 5.56 Å². The summed E-state index contributed by atoms with van der Waals surface area (Å²) in [6.45, 7) is 7.85. The first-order valence-corrected chi connectivity index (χ1v) is 11.4. The minimum Gasteiger partial charge on any atom is -0.492 e. The van der Waals surface area contributed by atoms with E-state index < -0.39 is 0 Å². The lowest BCUT2D eigenvalue weighted by Crippen LogP contribution is -2.38. The second kappa shape index (κ2) is 10.6. The van der Waals surface area contributed by atoms with E-state index in [0.29, 0.717) is 54.5 Å². The molecule has 0 radical (unpaired) electrons. The van der Waals surface area contributed by atoms with Crippen LogP contribution in [0.15, 0.2) is 59.2 Å². The van der Waals surface area contributed by atoms with Crippen molar-refractivity contribution in [2.75, 3.05) is 39.5 Å². The van der Waals surface area contributed by atoms with Gasteiger partial charge in [0, 0.05) is 54.8 Å². The molecule has 2 N–H and O–H groups in total. The number of carbonyl (C=O) groups excluding carboxylic acids is 1. The van der Waals surface area contributed by atoms with Gasteiger partial charge in [0.15, 0.2) is 5.78 Å². The molecule has 8 heteroatoms. The minimum atomic E-state index is -0.140. The maximum atomic E-state index is 12.8. The first-order chi connectivity index (χ1) is 16.4. The quantitative estimate of drug-likeness (QED) is 0.513. The SMILES string of the molecule is CC(=O)C(=C(C)N)c1cc2ccc(=O)n(Cc3ccccn3)c2cc1OCCN1CCOCC1.